The van der Waals surface area contributed by atoms with Gasteiger partial charge in [0, 0.05) is 10.3 Å². The molecule has 1 aromatic carbocycles. The van der Waals surface area contributed by atoms with E-state index in [1.807, 2.05) is 29.6 Å². The fourth-order valence-corrected chi connectivity index (χ4v) is 4.68. The van der Waals surface area contributed by atoms with Crippen molar-refractivity contribution >= 4 is 21.4 Å². The van der Waals surface area contributed by atoms with Crippen LogP contribution in [0.5, 0.6) is 0 Å². The number of hydrogen-bond donors (Lipinski definition) is 1. The highest BCUT2D eigenvalue weighted by Gasteiger charge is 2.57. The Bertz CT molecular complexity index is 704. The molecule has 4 unspecified atom stereocenters. The third kappa shape index (κ3) is 1.51. The molecule has 2 fully saturated rings. The van der Waals surface area contributed by atoms with Gasteiger partial charge < -0.3 is 9.84 Å². The number of hydrogen-bond acceptors (Lipinski definition) is 4. The molecular formula is C16H15NO2S. The van der Waals surface area contributed by atoms with Crippen LogP contribution in [-0.2, 0) is 4.74 Å². The zero-order chi connectivity index (χ0) is 13.7. The zero-order valence-electron chi connectivity index (χ0n) is 11.0. The molecule has 0 aliphatic carbocycles. The van der Waals surface area contributed by atoms with Gasteiger partial charge in [0.15, 0.2) is 0 Å². The fraction of sp³-hybridized carbons (Fsp3) is 0.438. The average Bonchev–Trinajstić information content (AvgIpc) is 3.19. The van der Waals surface area contributed by atoms with Crippen LogP contribution in [0.3, 0.4) is 0 Å². The van der Waals surface area contributed by atoms with Gasteiger partial charge in [0.1, 0.15) is 11.5 Å². The normalized spacial score (nSPS) is 33.4. The summed E-state index contributed by atoms with van der Waals surface area (Å²) in [5, 5.41) is 23.6. The molecule has 0 spiro atoms. The lowest BCUT2D eigenvalue weighted by atomic mass is 9.69. The highest BCUT2D eigenvalue weighted by atomic mass is 32.1. The second-order valence-electron chi connectivity index (χ2n) is 5.77. The maximum atomic E-state index is 10.9. The van der Waals surface area contributed by atoms with Gasteiger partial charge in [0.2, 0.25) is 0 Å². The van der Waals surface area contributed by atoms with Crippen LogP contribution in [0.1, 0.15) is 30.9 Å². The van der Waals surface area contributed by atoms with E-state index in [9.17, 15) is 10.4 Å². The van der Waals surface area contributed by atoms with Crippen LogP contribution in [0, 0.1) is 16.7 Å². The van der Waals surface area contributed by atoms with Crippen LogP contribution in [0.2, 0.25) is 0 Å². The summed E-state index contributed by atoms with van der Waals surface area (Å²) >= 11 is 1.62. The lowest BCUT2D eigenvalue weighted by Crippen LogP contribution is -2.37. The molecule has 0 amide bonds. The molecule has 20 heavy (non-hydrogen) atoms. The van der Waals surface area contributed by atoms with E-state index in [0.717, 1.165) is 28.5 Å². The fourth-order valence-electron chi connectivity index (χ4n) is 3.70. The van der Waals surface area contributed by atoms with E-state index in [2.05, 4.69) is 6.07 Å². The van der Waals surface area contributed by atoms with Crippen molar-refractivity contribution in [2.75, 3.05) is 0 Å². The van der Waals surface area contributed by atoms with Gasteiger partial charge in [-0.2, -0.15) is 5.26 Å². The largest absolute Gasteiger partial charge is 0.387 e. The topological polar surface area (TPSA) is 53.2 Å². The number of rotatable bonds is 2. The van der Waals surface area contributed by atoms with Gasteiger partial charge in [-0.15, -0.1) is 11.3 Å². The van der Waals surface area contributed by atoms with Gasteiger partial charge in [-0.05, 0) is 36.1 Å². The Morgan fingerprint density at radius 2 is 2.25 bits per heavy atom. The lowest BCUT2D eigenvalue weighted by Gasteiger charge is -2.33. The van der Waals surface area contributed by atoms with Gasteiger partial charge in [0.05, 0.1) is 18.3 Å². The number of aliphatic hydroxyl groups excluding tert-OH is 1. The Balaban J connectivity index is 1.80. The summed E-state index contributed by atoms with van der Waals surface area (Å²) in [6.07, 6.45) is 1.83. The molecule has 0 saturated carbocycles. The SMILES string of the molecule is N#CC1(C(O)c2csc3ccccc23)CC2CCC1O2. The first-order chi connectivity index (χ1) is 9.74. The summed E-state index contributed by atoms with van der Waals surface area (Å²) in [4.78, 5) is 0. The van der Waals surface area contributed by atoms with Crippen molar-refractivity contribution in [2.45, 2.75) is 37.6 Å². The van der Waals surface area contributed by atoms with Crippen LogP contribution in [0.4, 0.5) is 0 Å². The molecule has 2 aliphatic heterocycles. The highest BCUT2D eigenvalue weighted by molar-refractivity contribution is 7.17. The second-order valence-corrected chi connectivity index (χ2v) is 6.68. The van der Waals surface area contributed by atoms with Crippen molar-refractivity contribution in [3.8, 4) is 6.07 Å². The van der Waals surface area contributed by atoms with Crippen molar-refractivity contribution < 1.29 is 9.84 Å². The van der Waals surface area contributed by atoms with E-state index in [1.54, 1.807) is 11.3 Å². The molecule has 3 heterocycles. The minimum Gasteiger partial charge on any atom is -0.387 e. The predicted octanol–water partition coefficient (Wildman–Crippen LogP) is 3.40. The maximum absolute atomic E-state index is 10.9. The van der Waals surface area contributed by atoms with E-state index in [-0.39, 0.29) is 12.2 Å². The molecule has 1 aromatic heterocycles. The average molecular weight is 285 g/mol. The molecule has 4 heteroatoms. The first-order valence-electron chi connectivity index (χ1n) is 6.95. The number of fused-ring (bicyclic) bond motifs is 3. The molecule has 2 aliphatic rings. The van der Waals surface area contributed by atoms with Gasteiger partial charge in [-0.3, -0.25) is 0 Å². The molecule has 2 aromatic rings. The van der Waals surface area contributed by atoms with E-state index in [0.29, 0.717) is 6.42 Å². The Labute approximate surface area is 121 Å². The Morgan fingerprint density at radius 1 is 1.40 bits per heavy atom. The van der Waals surface area contributed by atoms with E-state index >= 15 is 0 Å². The second kappa shape index (κ2) is 4.29. The summed E-state index contributed by atoms with van der Waals surface area (Å²) in [7, 11) is 0. The van der Waals surface area contributed by atoms with E-state index in [1.165, 1.54) is 0 Å². The smallest absolute Gasteiger partial charge is 0.116 e. The molecule has 4 atom stereocenters. The number of ether oxygens (including phenoxy) is 1. The highest BCUT2D eigenvalue weighted by Crippen LogP contribution is 2.54. The van der Waals surface area contributed by atoms with Gasteiger partial charge >= 0.3 is 0 Å². The third-order valence-corrected chi connectivity index (χ3v) is 5.73. The van der Waals surface area contributed by atoms with Gasteiger partial charge in [0.25, 0.3) is 0 Å². The Kier molecular flexibility index (Phi) is 2.65. The first-order valence-corrected chi connectivity index (χ1v) is 7.83. The monoisotopic (exact) mass is 285 g/mol. The maximum Gasteiger partial charge on any atom is 0.116 e. The standard InChI is InChI=1S/C16H15NO2S/c17-9-16(7-10-5-6-14(16)19-10)15(18)12-8-20-13-4-2-1-3-11(12)13/h1-4,8,10,14-15,18H,5-7H2. The molecule has 2 saturated heterocycles. The van der Waals surface area contributed by atoms with Crippen molar-refractivity contribution in [2.24, 2.45) is 5.41 Å². The Morgan fingerprint density at radius 3 is 2.95 bits per heavy atom. The van der Waals surface area contributed by atoms with Gasteiger partial charge in [-0.1, -0.05) is 18.2 Å². The molecule has 4 rings (SSSR count). The first kappa shape index (κ1) is 12.3. The van der Waals surface area contributed by atoms with Crippen LogP contribution in [-0.4, -0.2) is 17.3 Å². The summed E-state index contributed by atoms with van der Waals surface area (Å²) in [6.45, 7) is 0. The quantitative estimate of drug-likeness (QED) is 0.920. The summed E-state index contributed by atoms with van der Waals surface area (Å²) in [6, 6.07) is 10.4. The van der Waals surface area contributed by atoms with Crippen molar-refractivity contribution in [3.63, 3.8) is 0 Å². The molecule has 3 nitrogen and oxygen atoms in total. The third-order valence-electron chi connectivity index (χ3n) is 4.75. The molecule has 0 radical (unpaired) electrons. The zero-order valence-corrected chi connectivity index (χ0v) is 11.8. The minimum absolute atomic E-state index is 0.119. The number of aliphatic hydroxyl groups is 1. The number of thiophene rings is 1. The summed E-state index contributed by atoms with van der Waals surface area (Å²) in [5.41, 5.74) is 0.107. The number of nitrogens with zero attached hydrogens (tertiary/aromatic N) is 1. The number of nitriles is 1. The van der Waals surface area contributed by atoms with Crippen LogP contribution in [0.25, 0.3) is 10.1 Å². The van der Waals surface area contributed by atoms with Gasteiger partial charge in [-0.25, -0.2) is 0 Å². The molecule has 1 N–H and O–H groups in total. The van der Waals surface area contributed by atoms with Crippen molar-refractivity contribution in [1.82, 2.24) is 0 Å². The number of benzene rings is 1. The predicted molar refractivity (Wildman–Crippen MR) is 77.3 cm³/mol. The van der Waals surface area contributed by atoms with Crippen molar-refractivity contribution in [1.29, 1.82) is 5.26 Å². The summed E-state index contributed by atoms with van der Waals surface area (Å²) < 4.78 is 6.98. The Hall–Kier alpha value is -1.41. The van der Waals surface area contributed by atoms with Crippen LogP contribution >= 0.6 is 11.3 Å². The lowest BCUT2D eigenvalue weighted by molar-refractivity contribution is 0.00433. The molecule has 102 valence electrons. The summed E-state index contributed by atoms with van der Waals surface area (Å²) in [5.74, 6) is 0. The van der Waals surface area contributed by atoms with Crippen molar-refractivity contribution in [3.05, 3.63) is 35.2 Å². The van der Waals surface area contributed by atoms with E-state index < -0.39 is 11.5 Å². The van der Waals surface area contributed by atoms with Crippen LogP contribution < -0.4 is 0 Å². The molecule has 2 bridgehead atoms. The van der Waals surface area contributed by atoms with Crippen LogP contribution in [0.15, 0.2) is 29.6 Å². The van der Waals surface area contributed by atoms with E-state index in [4.69, 9.17) is 4.74 Å². The molecular weight excluding hydrogens is 270 g/mol. The minimum atomic E-state index is -0.771.